The number of hydrogen-bond donors (Lipinski definition) is 2. The van der Waals surface area contributed by atoms with Gasteiger partial charge in [-0.25, -0.2) is 4.98 Å². The first kappa shape index (κ1) is 11.5. The van der Waals surface area contributed by atoms with E-state index in [2.05, 4.69) is 9.97 Å². The van der Waals surface area contributed by atoms with E-state index in [0.29, 0.717) is 16.7 Å². The summed E-state index contributed by atoms with van der Waals surface area (Å²) in [6, 6.07) is 10.9. The van der Waals surface area contributed by atoms with Crippen LogP contribution in [0.15, 0.2) is 47.4 Å². The first-order valence-corrected chi connectivity index (χ1v) is 5.94. The smallest absolute Gasteiger partial charge is 0.233 e. The van der Waals surface area contributed by atoms with Crippen LogP contribution in [-0.4, -0.2) is 15.1 Å². The first-order valence-electron chi connectivity index (χ1n) is 5.94. The predicted octanol–water partition coefficient (Wildman–Crippen LogP) is 2.60. The first-order chi connectivity index (χ1) is 9.16. The molecule has 2 heterocycles. The Kier molecular flexibility index (Phi) is 2.56. The molecule has 2 aromatic heterocycles. The Bertz CT molecular complexity index is 804. The maximum absolute atomic E-state index is 12.1. The number of hydrogen-bond acceptors (Lipinski definition) is 3. The largest absolute Gasteiger partial charge is 0.503 e. The molecule has 0 aliphatic rings. The number of aromatic hydroxyl groups is 1. The molecule has 2 N–H and O–H groups in total. The highest BCUT2D eigenvalue weighted by Crippen LogP contribution is 2.26. The molecule has 0 aliphatic heterocycles. The Labute approximate surface area is 109 Å². The number of aromatic nitrogens is 2. The van der Waals surface area contributed by atoms with E-state index in [4.69, 9.17) is 0 Å². The number of aryl methyl sites for hydroxylation is 1. The molecule has 0 spiro atoms. The minimum absolute atomic E-state index is 0.274. The molecular weight excluding hydrogens is 240 g/mol. The Morgan fingerprint density at radius 1 is 1.16 bits per heavy atom. The molecule has 0 amide bonds. The topological polar surface area (TPSA) is 66.0 Å². The number of H-pyrrole nitrogens is 1. The average molecular weight is 252 g/mol. The number of nitrogens with one attached hydrogen (secondary N) is 1. The average Bonchev–Trinajstić information content (AvgIpc) is 2.44. The van der Waals surface area contributed by atoms with Gasteiger partial charge in [-0.05, 0) is 19.1 Å². The molecule has 94 valence electrons. The van der Waals surface area contributed by atoms with E-state index in [1.54, 1.807) is 18.3 Å². The van der Waals surface area contributed by atoms with Crippen LogP contribution >= 0.6 is 0 Å². The van der Waals surface area contributed by atoms with Crippen LogP contribution in [0.3, 0.4) is 0 Å². The normalized spacial score (nSPS) is 10.8. The number of aromatic amines is 1. The van der Waals surface area contributed by atoms with Crippen molar-refractivity contribution in [2.45, 2.75) is 6.92 Å². The van der Waals surface area contributed by atoms with Gasteiger partial charge in [-0.1, -0.05) is 29.8 Å². The Morgan fingerprint density at radius 2 is 1.89 bits per heavy atom. The molecule has 3 aromatic rings. The van der Waals surface area contributed by atoms with Crippen molar-refractivity contribution in [3.8, 4) is 17.0 Å². The monoisotopic (exact) mass is 252 g/mol. The Balaban J connectivity index is 2.33. The lowest BCUT2D eigenvalue weighted by Crippen LogP contribution is -2.05. The number of rotatable bonds is 1. The van der Waals surface area contributed by atoms with Gasteiger partial charge in [-0.2, -0.15) is 0 Å². The van der Waals surface area contributed by atoms with Crippen LogP contribution in [0, 0.1) is 6.92 Å². The molecule has 19 heavy (non-hydrogen) atoms. The minimum Gasteiger partial charge on any atom is -0.503 e. The highest BCUT2D eigenvalue weighted by molar-refractivity contribution is 5.81. The molecule has 0 bridgehead atoms. The second-order valence-corrected chi connectivity index (χ2v) is 4.44. The number of nitrogens with zero attached hydrogens (tertiary/aromatic N) is 1. The van der Waals surface area contributed by atoms with Gasteiger partial charge in [0.1, 0.15) is 5.65 Å². The van der Waals surface area contributed by atoms with Gasteiger partial charge in [-0.15, -0.1) is 0 Å². The maximum Gasteiger partial charge on any atom is 0.233 e. The molecule has 0 fully saturated rings. The molecule has 0 aliphatic carbocycles. The molecule has 0 saturated carbocycles. The van der Waals surface area contributed by atoms with Crippen LogP contribution in [-0.2, 0) is 0 Å². The van der Waals surface area contributed by atoms with Crippen molar-refractivity contribution in [3.05, 3.63) is 58.4 Å². The van der Waals surface area contributed by atoms with Crippen molar-refractivity contribution >= 4 is 11.0 Å². The van der Waals surface area contributed by atoms with E-state index >= 15 is 0 Å². The molecule has 3 rings (SSSR count). The van der Waals surface area contributed by atoms with Crippen molar-refractivity contribution in [2.24, 2.45) is 0 Å². The van der Waals surface area contributed by atoms with Crippen LogP contribution in [0.4, 0.5) is 0 Å². The number of pyridine rings is 2. The second-order valence-electron chi connectivity index (χ2n) is 4.44. The summed E-state index contributed by atoms with van der Waals surface area (Å²) in [6.45, 7) is 1.98. The Hall–Kier alpha value is -2.62. The van der Waals surface area contributed by atoms with Crippen molar-refractivity contribution in [2.75, 3.05) is 0 Å². The fourth-order valence-electron chi connectivity index (χ4n) is 2.04. The van der Waals surface area contributed by atoms with Gasteiger partial charge in [0.25, 0.3) is 0 Å². The van der Waals surface area contributed by atoms with E-state index in [9.17, 15) is 9.90 Å². The maximum atomic E-state index is 12.1. The zero-order valence-corrected chi connectivity index (χ0v) is 10.3. The lowest BCUT2D eigenvalue weighted by Gasteiger charge is -2.07. The lowest BCUT2D eigenvalue weighted by atomic mass is 10.1. The third kappa shape index (κ3) is 1.87. The molecule has 0 unspecified atom stereocenters. The minimum atomic E-state index is -0.405. The van der Waals surface area contributed by atoms with Gasteiger partial charge < -0.3 is 10.1 Å². The molecular formula is C15H12N2O2. The van der Waals surface area contributed by atoms with Crippen LogP contribution < -0.4 is 5.43 Å². The van der Waals surface area contributed by atoms with E-state index in [-0.39, 0.29) is 5.75 Å². The quantitative estimate of drug-likeness (QED) is 0.699. The SMILES string of the molecule is Cc1ccc(-c2[nH]c3ncccc3c(=O)c2O)cc1. The summed E-state index contributed by atoms with van der Waals surface area (Å²) >= 11 is 0. The van der Waals surface area contributed by atoms with Gasteiger partial charge in [0.15, 0.2) is 5.75 Å². The molecule has 0 atom stereocenters. The zero-order chi connectivity index (χ0) is 13.4. The summed E-state index contributed by atoms with van der Waals surface area (Å²) in [5.74, 6) is -0.274. The second kappa shape index (κ2) is 4.24. The summed E-state index contributed by atoms with van der Waals surface area (Å²) in [5, 5.41) is 10.4. The number of fused-ring (bicyclic) bond motifs is 1. The summed E-state index contributed by atoms with van der Waals surface area (Å²) in [7, 11) is 0. The Morgan fingerprint density at radius 3 is 2.63 bits per heavy atom. The van der Waals surface area contributed by atoms with Crippen molar-refractivity contribution in [3.63, 3.8) is 0 Å². The standard InChI is InChI=1S/C15H12N2O2/c1-9-4-6-10(7-5-9)12-14(19)13(18)11-3-2-8-16-15(11)17-12/h2-8,19H,1H3,(H,16,17,18). The predicted molar refractivity (Wildman–Crippen MR) is 74.2 cm³/mol. The van der Waals surface area contributed by atoms with E-state index < -0.39 is 5.43 Å². The van der Waals surface area contributed by atoms with Crippen molar-refractivity contribution in [1.29, 1.82) is 0 Å². The number of benzene rings is 1. The van der Waals surface area contributed by atoms with Crippen LogP contribution in [0.2, 0.25) is 0 Å². The molecule has 0 saturated heterocycles. The summed E-state index contributed by atoms with van der Waals surface area (Å²) in [5.41, 5.74) is 2.34. The third-order valence-corrected chi connectivity index (χ3v) is 3.09. The van der Waals surface area contributed by atoms with E-state index in [0.717, 1.165) is 11.1 Å². The van der Waals surface area contributed by atoms with E-state index in [1.807, 2.05) is 31.2 Å². The summed E-state index contributed by atoms with van der Waals surface area (Å²) in [4.78, 5) is 19.2. The third-order valence-electron chi connectivity index (χ3n) is 3.09. The van der Waals surface area contributed by atoms with Gasteiger partial charge in [0.05, 0.1) is 11.1 Å². The fraction of sp³-hybridized carbons (Fsp3) is 0.0667. The zero-order valence-electron chi connectivity index (χ0n) is 10.3. The molecule has 1 aromatic carbocycles. The van der Waals surface area contributed by atoms with Gasteiger partial charge in [0.2, 0.25) is 5.43 Å². The summed E-state index contributed by atoms with van der Waals surface area (Å²) < 4.78 is 0. The molecule has 0 radical (unpaired) electrons. The van der Waals surface area contributed by atoms with Crippen molar-refractivity contribution < 1.29 is 5.11 Å². The van der Waals surface area contributed by atoms with Crippen LogP contribution in [0.5, 0.6) is 5.75 Å². The molecule has 4 heteroatoms. The lowest BCUT2D eigenvalue weighted by molar-refractivity contribution is 0.471. The van der Waals surface area contributed by atoms with Gasteiger partial charge >= 0.3 is 0 Å². The summed E-state index contributed by atoms with van der Waals surface area (Å²) in [6.07, 6.45) is 1.61. The van der Waals surface area contributed by atoms with Crippen LogP contribution in [0.25, 0.3) is 22.3 Å². The van der Waals surface area contributed by atoms with E-state index in [1.165, 1.54) is 0 Å². The van der Waals surface area contributed by atoms with Gasteiger partial charge in [-0.3, -0.25) is 4.79 Å². The highest BCUT2D eigenvalue weighted by atomic mass is 16.3. The highest BCUT2D eigenvalue weighted by Gasteiger charge is 2.12. The molecule has 4 nitrogen and oxygen atoms in total. The van der Waals surface area contributed by atoms with Crippen LogP contribution in [0.1, 0.15) is 5.56 Å². The fourth-order valence-corrected chi connectivity index (χ4v) is 2.04. The van der Waals surface area contributed by atoms with Crippen molar-refractivity contribution in [1.82, 2.24) is 9.97 Å². The van der Waals surface area contributed by atoms with Gasteiger partial charge in [0, 0.05) is 11.8 Å².